The van der Waals surface area contributed by atoms with Gasteiger partial charge in [-0.3, -0.25) is 4.98 Å². The molecule has 1 aromatic carbocycles. The van der Waals surface area contributed by atoms with E-state index in [4.69, 9.17) is 9.47 Å². The summed E-state index contributed by atoms with van der Waals surface area (Å²) in [5.74, 6) is 0. The monoisotopic (exact) mass is 348 g/mol. The van der Waals surface area contributed by atoms with Gasteiger partial charge in [-0.1, -0.05) is 12.1 Å². The molecule has 7 heteroatoms. The van der Waals surface area contributed by atoms with Crippen molar-refractivity contribution in [2.24, 2.45) is 0 Å². The normalized spacial score (nSPS) is 14.1. The lowest BCUT2D eigenvalue weighted by atomic mass is 10.1. The summed E-state index contributed by atoms with van der Waals surface area (Å²) in [6.07, 6.45) is 3.34. The van der Waals surface area contributed by atoms with E-state index in [-0.39, 0.29) is 18.0 Å². The molecular weight excluding hydrogens is 328 g/mol. The highest BCUT2D eigenvalue weighted by molar-refractivity contribution is 7.89. The summed E-state index contributed by atoms with van der Waals surface area (Å²) >= 11 is 0. The van der Waals surface area contributed by atoms with Gasteiger partial charge in [0.15, 0.2) is 0 Å². The molecule has 6 nitrogen and oxygen atoms in total. The number of rotatable bonds is 7. The smallest absolute Gasteiger partial charge is 0.243 e. The zero-order chi connectivity index (χ0) is 17.0. The minimum atomic E-state index is -3.62. The standard InChI is InChI=1S/C17H20N2O4S/c1-22-8-7-19(11-14-3-2-6-18-10-14)24(20,21)17-5-4-15-12-23-13-16(15)9-17/h2-6,9-10H,7-8,11-13H2,1H3. The van der Waals surface area contributed by atoms with Gasteiger partial charge in [0.2, 0.25) is 10.0 Å². The SMILES string of the molecule is COCCN(Cc1cccnc1)S(=O)(=O)c1ccc2c(c1)COC2. The zero-order valence-electron chi connectivity index (χ0n) is 13.5. The van der Waals surface area contributed by atoms with Crippen LogP contribution in [0, 0.1) is 0 Å². The van der Waals surface area contributed by atoms with E-state index in [0.29, 0.717) is 19.8 Å². The molecule has 2 aromatic rings. The van der Waals surface area contributed by atoms with Gasteiger partial charge in [-0.15, -0.1) is 0 Å². The van der Waals surface area contributed by atoms with Crippen molar-refractivity contribution in [1.82, 2.24) is 9.29 Å². The Morgan fingerprint density at radius 1 is 1.25 bits per heavy atom. The van der Waals surface area contributed by atoms with Crippen LogP contribution in [0.25, 0.3) is 0 Å². The number of ether oxygens (including phenoxy) is 2. The molecule has 0 aliphatic carbocycles. The highest BCUT2D eigenvalue weighted by atomic mass is 32.2. The Labute approximate surface area is 142 Å². The van der Waals surface area contributed by atoms with Gasteiger partial charge in [0, 0.05) is 32.6 Å². The van der Waals surface area contributed by atoms with Gasteiger partial charge in [0.05, 0.1) is 24.7 Å². The van der Waals surface area contributed by atoms with Gasteiger partial charge in [0.1, 0.15) is 0 Å². The van der Waals surface area contributed by atoms with Crippen LogP contribution < -0.4 is 0 Å². The van der Waals surface area contributed by atoms with Crippen molar-refractivity contribution >= 4 is 10.0 Å². The van der Waals surface area contributed by atoms with Crippen LogP contribution in [0.4, 0.5) is 0 Å². The number of hydrogen-bond donors (Lipinski definition) is 0. The van der Waals surface area contributed by atoms with E-state index >= 15 is 0 Å². The first-order valence-corrected chi connectivity index (χ1v) is 9.13. The van der Waals surface area contributed by atoms with E-state index in [9.17, 15) is 8.42 Å². The fourth-order valence-corrected chi connectivity index (χ4v) is 4.09. The van der Waals surface area contributed by atoms with E-state index in [0.717, 1.165) is 16.7 Å². The summed E-state index contributed by atoms with van der Waals surface area (Å²) < 4.78 is 38.0. The van der Waals surface area contributed by atoms with Crippen molar-refractivity contribution in [3.8, 4) is 0 Å². The van der Waals surface area contributed by atoms with Gasteiger partial charge in [-0.2, -0.15) is 4.31 Å². The van der Waals surface area contributed by atoms with E-state index in [1.165, 1.54) is 4.31 Å². The Bertz CT molecular complexity index is 793. The molecule has 0 amide bonds. The third-order valence-corrected chi connectivity index (χ3v) is 5.80. The Balaban J connectivity index is 1.89. The Morgan fingerprint density at radius 3 is 2.83 bits per heavy atom. The quantitative estimate of drug-likeness (QED) is 0.765. The molecule has 128 valence electrons. The Morgan fingerprint density at radius 2 is 2.08 bits per heavy atom. The highest BCUT2D eigenvalue weighted by Crippen LogP contribution is 2.25. The molecule has 0 unspecified atom stereocenters. The van der Waals surface area contributed by atoms with Crippen LogP contribution in [0.3, 0.4) is 0 Å². The molecule has 0 saturated heterocycles. The maximum Gasteiger partial charge on any atom is 0.243 e. The molecule has 0 N–H and O–H groups in total. The van der Waals surface area contributed by atoms with E-state index in [1.807, 2.05) is 12.1 Å². The van der Waals surface area contributed by atoms with Gasteiger partial charge < -0.3 is 9.47 Å². The van der Waals surface area contributed by atoms with Gasteiger partial charge in [-0.25, -0.2) is 8.42 Å². The predicted octanol–water partition coefficient (Wildman–Crippen LogP) is 1.95. The molecule has 0 atom stereocenters. The number of sulfonamides is 1. The summed E-state index contributed by atoms with van der Waals surface area (Å²) in [6, 6.07) is 8.84. The first kappa shape index (κ1) is 17.0. The minimum absolute atomic E-state index is 0.257. The zero-order valence-corrected chi connectivity index (χ0v) is 14.3. The highest BCUT2D eigenvalue weighted by Gasteiger charge is 2.26. The number of fused-ring (bicyclic) bond motifs is 1. The number of aromatic nitrogens is 1. The lowest BCUT2D eigenvalue weighted by Gasteiger charge is -2.22. The van der Waals surface area contributed by atoms with Crippen LogP contribution in [-0.4, -0.2) is 38.0 Å². The average molecular weight is 348 g/mol. The molecule has 3 rings (SSSR count). The maximum absolute atomic E-state index is 13.1. The third-order valence-electron chi connectivity index (χ3n) is 3.96. The fraction of sp³-hybridized carbons (Fsp3) is 0.353. The second kappa shape index (κ2) is 7.40. The number of benzene rings is 1. The van der Waals surface area contributed by atoms with Crippen LogP contribution in [0.15, 0.2) is 47.6 Å². The predicted molar refractivity (Wildman–Crippen MR) is 88.6 cm³/mol. The van der Waals surface area contributed by atoms with Crippen molar-refractivity contribution in [3.63, 3.8) is 0 Å². The topological polar surface area (TPSA) is 68.7 Å². The van der Waals surface area contributed by atoms with Gasteiger partial charge >= 0.3 is 0 Å². The van der Waals surface area contributed by atoms with Crippen molar-refractivity contribution in [2.45, 2.75) is 24.7 Å². The van der Waals surface area contributed by atoms with E-state index in [2.05, 4.69) is 4.98 Å². The van der Waals surface area contributed by atoms with Crippen LogP contribution >= 0.6 is 0 Å². The lowest BCUT2D eigenvalue weighted by Crippen LogP contribution is -2.33. The minimum Gasteiger partial charge on any atom is -0.383 e. The molecule has 0 saturated carbocycles. The summed E-state index contributed by atoms with van der Waals surface area (Å²) in [5, 5.41) is 0. The second-order valence-electron chi connectivity index (χ2n) is 5.62. The van der Waals surface area contributed by atoms with Crippen molar-refractivity contribution in [3.05, 3.63) is 59.4 Å². The summed E-state index contributed by atoms with van der Waals surface area (Å²) in [7, 11) is -2.07. The average Bonchev–Trinajstić information content (AvgIpc) is 3.07. The molecule has 0 bridgehead atoms. The molecular formula is C17H20N2O4S. The largest absolute Gasteiger partial charge is 0.383 e. The molecule has 1 aromatic heterocycles. The summed E-state index contributed by atoms with van der Waals surface area (Å²) in [5.41, 5.74) is 2.82. The van der Waals surface area contributed by atoms with E-state index in [1.54, 1.807) is 37.7 Å². The molecule has 0 radical (unpaired) electrons. The summed E-state index contributed by atoms with van der Waals surface area (Å²) in [4.78, 5) is 4.33. The number of nitrogens with zero attached hydrogens (tertiary/aromatic N) is 2. The van der Waals surface area contributed by atoms with Crippen molar-refractivity contribution < 1.29 is 17.9 Å². The van der Waals surface area contributed by atoms with Crippen LogP contribution in [0.1, 0.15) is 16.7 Å². The maximum atomic E-state index is 13.1. The first-order chi connectivity index (χ1) is 11.6. The molecule has 2 heterocycles. The summed E-state index contributed by atoms with van der Waals surface area (Å²) in [6.45, 7) is 1.86. The number of pyridine rings is 1. The molecule has 1 aliphatic heterocycles. The number of methoxy groups -OCH3 is 1. The van der Waals surface area contributed by atoms with Crippen LogP contribution in [-0.2, 0) is 39.3 Å². The Kier molecular flexibility index (Phi) is 5.25. The second-order valence-corrected chi connectivity index (χ2v) is 7.55. The van der Waals surface area contributed by atoms with Crippen molar-refractivity contribution in [1.29, 1.82) is 0 Å². The van der Waals surface area contributed by atoms with Crippen LogP contribution in [0.2, 0.25) is 0 Å². The molecule has 0 fully saturated rings. The molecule has 24 heavy (non-hydrogen) atoms. The number of hydrogen-bond acceptors (Lipinski definition) is 5. The molecule has 0 spiro atoms. The van der Waals surface area contributed by atoms with Gasteiger partial charge in [-0.05, 0) is 34.9 Å². The Hall–Kier alpha value is -1.80. The first-order valence-electron chi connectivity index (χ1n) is 7.69. The van der Waals surface area contributed by atoms with Gasteiger partial charge in [0.25, 0.3) is 0 Å². The van der Waals surface area contributed by atoms with Crippen molar-refractivity contribution in [2.75, 3.05) is 20.3 Å². The molecule has 1 aliphatic rings. The fourth-order valence-electron chi connectivity index (χ4n) is 2.63. The van der Waals surface area contributed by atoms with E-state index < -0.39 is 10.0 Å². The lowest BCUT2D eigenvalue weighted by molar-refractivity contribution is 0.134. The van der Waals surface area contributed by atoms with Crippen LogP contribution in [0.5, 0.6) is 0 Å². The third kappa shape index (κ3) is 3.64.